The number of rotatable bonds is 8. The quantitative estimate of drug-likeness (QED) is 0.770. The maximum Gasteiger partial charge on any atom is 0.0779 e. The van der Waals surface area contributed by atoms with Gasteiger partial charge in [0, 0.05) is 18.8 Å². The monoisotopic (exact) mass is 329 g/mol. The normalized spacial score (nSPS) is 20.2. The van der Waals surface area contributed by atoms with Gasteiger partial charge in [-0.3, -0.25) is 4.68 Å². The van der Waals surface area contributed by atoms with Crippen LogP contribution in [0.2, 0.25) is 0 Å². The fraction of sp³-hybridized carbons (Fsp3) is 0.786. The summed E-state index contributed by atoms with van der Waals surface area (Å²) in [6.45, 7) is 5.69. The molecule has 0 bridgehead atoms. The zero-order valence-electron chi connectivity index (χ0n) is 11.8. The minimum Gasteiger partial charge on any atom is -0.396 e. The fourth-order valence-electron chi connectivity index (χ4n) is 2.70. The second kappa shape index (κ2) is 6.37. The van der Waals surface area contributed by atoms with Crippen molar-refractivity contribution < 1.29 is 5.11 Å². The van der Waals surface area contributed by atoms with Crippen molar-refractivity contribution in [2.75, 3.05) is 13.2 Å². The molecule has 1 aromatic heterocycles. The lowest BCUT2D eigenvalue weighted by Crippen LogP contribution is -2.43. The summed E-state index contributed by atoms with van der Waals surface area (Å²) in [5.41, 5.74) is 0.156. The van der Waals surface area contributed by atoms with Gasteiger partial charge in [-0.1, -0.05) is 13.3 Å². The summed E-state index contributed by atoms with van der Waals surface area (Å²) in [5.74, 6) is 0.563. The molecule has 2 N–H and O–H groups in total. The third-order valence-electron chi connectivity index (χ3n) is 4.40. The molecule has 2 atom stereocenters. The molecular formula is C14H24BrN3O. The Morgan fingerprint density at radius 3 is 2.79 bits per heavy atom. The third-order valence-corrected chi connectivity index (χ3v) is 4.81. The first kappa shape index (κ1) is 15.0. The Balaban J connectivity index is 1.91. The summed E-state index contributed by atoms with van der Waals surface area (Å²) >= 11 is 3.46. The maximum absolute atomic E-state index is 9.04. The zero-order valence-corrected chi connectivity index (χ0v) is 13.4. The van der Waals surface area contributed by atoms with Gasteiger partial charge in [-0.05, 0) is 54.6 Å². The molecule has 4 nitrogen and oxygen atoms in total. The molecule has 0 amide bonds. The summed E-state index contributed by atoms with van der Waals surface area (Å²) in [7, 11) is 0. The Morgan fingerprint density at radius 2 is 2.32 bits per heavy atom. The van der Waals surface area contributed by atoms with E-state index >= 15 is 0 Å². The highest BCUT2D eigenvalue weighted by molar-refractivity contribution is 9.10. The predicted octanol–water partition coefficient (Wildman–Crippen LogP) is 2.52. The van der Waals surface area contributed by atoms with Crippen LogP contribution in [0.15, 0.2) is 16.9 Å². The number of hydrogen-bond donors (Lipinski definition) is 2. The summed E-state index contributed by atoms with van der Waals surface area (Å²) < 4.78 is 3.14. The second-order valence-electron chi connectivity index (χ2n) is 5.62. The summed E-state index contributed by atoms with van der Waals surface area (Å²) in [4.78, 5) is 0. The molecule has 0 saturated heterocycles. The molecule has 0 aliphatic heterocycles. The maximum atomic E-state index is 9.04. The molecule has 1 heterocycles. The van der Waals surface area contributed by atoms with Crippen molar-refractivity contribution in [1.29, 1.82) is 0 Å². The van der Waals surface area contributed by atoms with Gasteiger partial charge >= 0.3 is 0 Å². The third kappa shape index (κ3) is 3.38. The number of nitrogens with zero attached hydrogens (tertiary/aromatic N) is 2. The number of nitrogens with one attached hydrogen (secondary N) is 1. The first-order valence-corrected chi connectivity index (χ1v) is 7.96. The largest absolute Gasteiger partial charge is 0.396 e. The number of halogens is 1. The zero-order chi connectivity index (χ0) is 13.9. The van der Waals surface area contributed by atoms with Gasteiger partial charge in [0.05, 0.1) is 16.2 Å². The molecule has 2 unspecified atom stereocenters. The first-order valence-electron chi connectivity index (χ1n) is 7.17. The lowest BCUT2D eigenvalue weighted by molar-refractivity contribution is 0.239. The van der Waals surface area contributed by atoms with E-state index in [2.05, 4.69) is 51.1 Å². The Labute approximate surface area is 123 Å². The van der Waals surface area contributed by atoms with Crippen LogP contribution in [0.5, 0.6) is 0 Å². The van der Waals surface area contributed by atoms with Gasteiger partial charge in [-0.2, -0.15) is 5.10 Å². The molecular weight excluding hydrogens is 306 g/mol. The van der Waals surface area contributed by atoms with E-state index < -0.39 is 0 Å². The molecule has 19 heavy (non-hydrogen) atoms. The minimum atomic E-state index is 0.156. The average molecular weight is 330 g/mol. The Bertz CT molecular complexity index is 403. The van der Waals surface area contributed by atoms with E-state index in [0.717, 1.165) is 23.9 Å². The Kier molecular flexibility index (Phi) is 5.03. The van der Waals surface area contributed by atoms with Gasteiger partial charge in [-0.25, -0.2) is 0 Å². The molecule has 1 saturated carbocycles. The van der Waals surface area contributed by atoms with Crippen LogP contribution < -0.4 is 5.32 Å². The van der Waals surface area contributed by atoms with Gasteiger partial charge in [0.25, 0.3) is 0 Å². The molecule has 0 spiro atoms. The number of aromatic nitrogens is 2. The highest BCUT2D eigenvalue weighted by Gasteiger charge is 2.49. The average Bonchev–Trinajstić information content (AvgIpc) is 3.11. The fourth-order valence-corrected chi connectivity index (χ4v) is 2.99. The lowest BCUT2D eigenvalue weighted by Gasteiger charge is -2.27. The molecule has 1 aromatic rings. The lowest BCUT2D eigenvalue weighted by atomic mass is 10.0. The highest BCUT2D eigenvalue weighted by Crippen LogP contribution is 2.46. The number of hydrogen-bond acceptors (Lipinski definition) is 3. The van der Waals surface area contributed by atoms with Crippen molar-refractivity contribution in [3.05, 3.63) is 16.9 Å². The Morgan fingerprint density at radius 1 is 1.58 bits per heavy atom. The van der Waals surface area contributed by atoms with Gasteiger partial charge in [-0.15, -0.1) is 0 Å². The van der Waals surface area contributed by atoms with E-state index in [1.165, 1.54) is 12.8 Å². The predicted molar refractivity (Wildman–Crippen MR) is 80.1 cm³/mol. The molecule has 1 aliphatic rings. The van der Waals surface area contributed by atoms with E-state index in [1.54, 1.807) is 0 Å². The van der Waals surface area contributed by atoms with Crippen LogP contribution in [-0.2, 0) is 5.54 Å². The van der Waals surface area contributed by atoms with Crippen molar-refractivity contribution in [1.82, 2.24) is 15.1 Å². The molecule has 2 rings (SSSR count). The molecule has 5 heteroatoms. The van der Waals surface area contributed by atoms with Gasteiger partial charge < -0.3 is 10.4 Å². The molecule has 0 radical (unpaired) electrons. The minimum absolute atomic E-state index is 0.156. The van der Waals surface area contributed by atoms with E-state index in [4.69, 9.17) is 5.11 Å². The van der Waals surface area contributed by atoms with E-state index in [9.17, 15) is 0 Å². The van der Waals surface area contributed by atoms with Crippen LogP contribution in [-0.4, -0.2) is 34.1 Å². The standard InChI is InChI=1S/C14H24BrN3O/c1-3-12(4-7-19)8-16-11(2)14(5-6-14)18-10-13(15)9-17-18/h9-12,16,19H,3-8H2,1-2H3. The number of aliphatic hydroxyl groups is 1. The first-order chi connectivity index (χ1) is 9.12. The van der Waals surface area contributed by atoms with Crippen LogP contribution in [0.25, 0.3) is 0 Å². The van der Waals surface area contributed by atoms with Crippen LogP contribution >= 0.6 is 15.9 Å². The molecule has 108 valence electrons. The number of aliphatic hydroxyl groups excluding tert-OH is 1. The topological polar surface area (TPSA) is 50.1 Å². The summed E-state index contributed by atoms with van der Waals surface area (Å²) in [5, 5.41) is 17.1. The van der Waals surface area contributed by atoms with E-state index in [0.29, 0.717) is 12.0 Å². The molecule has 1 fully saturated rings. The van der Waals surface area contributed by atoms with Crippen molar-refractivity contribution in [3.8, 4) is 0 Å². The van der Waals surface area contributed by atoms with Gasteiger partial charge in [0.1, 0.15) is 0 Å². The smallest absolute Gasteiger partial charge is 0.0779 e. The summed E-state index contributed by atoms with van der Waals surface area (Å²) in [6.07, 6.45) is 8.29. The summed E-state index contributed by atoms with van der Waals surface area (Å²) in [6, 6.07) is 0.409. The highest BCUT2D eigenvalue weighted by atomic mass is 79.9. The van der Waals surface area contributed by atoms with Crippen LogP contribution in [0.4, 0.5) is 0 Å². The molecule has 1 aliphatic carbocycles. The van der Waals surface area contributed by atoms with E-state index in [-0.39, 0.29) is 12.1 Å². The van der Waals surface area contributed by atoms with Crippen molar-refractivity contribution in [3.63, 3.8) is 0 Å². The van der Waals surface area contributed by atoms with Crippen LogP contribution in [0.3, 0.4) is 0 Å². The van der Waals surface area contributed by atoms with Crippen LogP contribution in [0.1, 0.15) is 39.5 Å². The molecule has 0 aromatic carbocycles. The van der Waals surface area contributed by atoms with E-state index in [1.807, 2.05) is 6.20 Å². The SMILES string of the molecule is CCC(CCO)CNC(C)C1(n2cc(Br)cn2)CC1. The van der Waals surface area contributed by atoms with Gasteiger partial charge in [0.15, 0.2) is 0 Å². The van der Waals surface area contributed by atoms with Gasteiger partial charge in [0.2, 0.25) is 0 Å². The van der Waals surface area contributed by atoms with Crippen molar-refractivity contribution >= 4 is 15.9 Å². The van der Waals surface area contributed by atoms with Crippen molar-refractivity contribution in [2.24, 2.45) is 5.92 Å². The Hall–Kier alpha value is -0.390. The van der Waals surface area contributed by atoms with Crippen molar-refractivity contribution in [2.45, 2.75) is 51.1 Å². The van der Waals surface area contributed by atoms with Crippen LogP contribution in [0, 0.1) is 5.92 Å². The second-order valence-corrected chi connectivity index (χ2v) is 6.54.